The molecule has 2 aromatic rings. The van der Waals surface area contributed by atoms with Crippen LogP contribution in [0.15, 0.2) is 12.3 Å². The van der Waals surface area contributed by atoms with Crippen molar-refractivity contribution in [2.24, 2.45) is 5.92 Å². The number of alkyl halides is 5. The zero-order valence-corrected chi connectivity index (χ0v) is 23.3. The van der Waals surface area contributed by atoms with Gasteiger partial charge in [-0.15, -0.1) is 11.3 Å². The van der Waals surface area contributed by atoms with Gasteiger partial charge in [-0.05, 0) is 65.4 Å². The molecule has 2 amide bonds. The predicted molar refractivity (Wildman–Crippen MR) is 139 cm³/mol. The van der Waals surface area contributed by atoms with Crippen molar-refractivity contribution in [3.63, 3.8) is 0 Å². The summed E-state index contributed by atoms with van der Waals surface area (Å²) in [5, 5.41) is 14.9. The summed E-state index contributed by atoms with van der Waals surface area (Å²) in [6.45, 7) is 6.84. The Balaban J connectivity index is 1.75. The number of hydrogen-bond donors (Lipinski definition) is 3. The topological polar surface area (TPSA) is 107 Å². The van der Waals surface area contributed by atoms with Crippen molar-refractivity contribution >= 4 is 29.0 Å². The van der Waals surface area contributed by atoms with E-state index >= 15 is 0 Å². The van der Waals surface area contributed by atoms with Crippen LogP contribution in [-0.2, 0) is 0 Å². The first-order valence-electron chi connectivity index (χ1n) is 13.0. The van der Waals surface area contributed by atoms with Gasteiger partial charge in [-0.25, -0.2) is 18.7 Å². The van der Waals surface area contributed by atoms with E-state index in [4.69, 9.17) is 0 Å². The molecule has 2 aliphatic rings. The Labute approximate surface area is 232 Å². The van der Waals surface area contributed by atoms with Crippen LogP contribution >= 0.6 is 11.3 Å². The molecule has 1 aliphatic heterocycles. The number of nitrogens with one attached hydrogen (secondary N) is 2. The maximum Gasteiger partial charge on any atom is 0.408 e. The Morgan fingerprint density at radius 1 is 1.20 bits per heavy atom. The van der Waals surface area contributed by atoms with E-state index in [-0.39, 0.29) is 33.0 Å². The first kappa shape index (κ1) is 30.1. The van der Waals surface area contributed by atoms with Crippen molar-refractivity contribution in [1.29, 1.82) is 0 Å². The Hall–Kier alpha value is -2.87. The van der Waals surface area contributed by atoms with Gasteiger partial charge in [0.15, 0.2) is 5.01 Å². The van der Waals surface area contributed by atoms with Gasteiger partial charge in [0.2, 0.25) is 0 Å². The van der Waals surface area contributed by atoms with Crippen molar-refractivity contribution < 1.29 is 36.6 Å². The fraction of sp³-hybridized carbons (Fsp3) is 0.615. The van der Waals surface area contributed by atoms with Gasteiger partial charge < -0.3 is 20.6 Å². The minimum absolute atomic E-state index is 0.0333. The second-order valence-electron chi connectivity index (χ2n) is 11.0. The third-order valence-electron chi connectivity index (χ3n) is 7.41. The molecular weight excluding hydrogens is 557 g/mol. The second-order valence-corrected chi connectivity index (χ2v) is 12.0. The molecule has 14 heteroatoms. The quantitative estimate of drug-likeness (QED) is 0.338. The summed E-state index contributed by atoms with van der Waals surface area (Å²) >= 11 is 0.706. The lowest BCUT2D eigenvalue weighted by molar-refractivity contribution is -0.146. The first-order valence-corrected chi connectivity index (χ1v) is 13.9. The highest BCUT2D eigenvalue weighted by molar-refractivity contribution is 7.17. The van der Waals surface area contributed by atoms with Gasteiger partial charge in [-0.2, -0.15) is 13.2 Å². The minimum atomic E-state index is -4.58. The van der Waals surface area contributed by atoms with Gasteiger partial charge in [0.1, 0.15) is 17.6 Å². The highest BCUT2D eigenvalue weighted by Crippen LogP contribution is 2.43. The number of amides is 2. The zero-order chi connectivity index (χ0) is 29.6. The van der Waals surface area contributed by atoms with Crippen molar-refractivity contribution in [2.45, 2.75) is 89.7 Å². The maximum absolute atomic E-state index is 14.3. The van der Waals surface area contributed by atoms with E-state index in [1.54, 1.807) is 11.8 Å². The van der Waals surface area contributed by atoms with E-state index in [2.05, 4.69) is 20.6 Å². The number of hydrogen-bond acceptors (Lipinski definition) is 7. The number of halogens is 5. The van der Waals surface area contributed by atoms with Gasteiger partial charge in [-0.3, -0.25) is 9.59 Å². The molecule has 2 fully saturated rings. The highest BCUT2D eigenvalue weighted by atomic mass is 32.1. The molecule has 220 valence electrons. The monoisotopic (exact) mass is 589 g/mol. The highest BCUT2D eigenvalue weighted by Gasteiger charge is 2.49. The molecule has 2 aromatic heterocycles. The number of rotatable bonds is 9. The molecule has 0 spiro atoms. The van der Waals surface area contributed by atoms with Crippen LogP contribution in [0.3, 0.4) is 0 Å². The van der Waals surface area contributed by atoms with Gasteiger partial charge in [0.25, 0.3) is 18.2 Å². The number of carbonyl (C=O) groups is 2. The van der Waals surface area contributed by atoms with Crippen molar-refractivity contribution in [3.8, 4) is 10.4 Å². The summed E-state index contributed by atoms with van der Waals surface area (Å²) in [6, 6.07) is -1.90. The molecule has 0 radical (unpaired) electrons. The summed E-state index contributed by atoms with van der Waals surface area (Å²) in [4.78, 5) is 36.2. The van der Waals surface area contributed by atoms with Crippen LogP contribution in [0.4, 0.5) is 27.8 Å². The van der Waals surface area contributed by atoms with Crippen LogP contribution < -0.4 is 10.6 Å². The first-order chi connectivity index (χ1) is 18.6. The fourth-order valence-electron chi connectivity index (χ4n) is 4.53. The Morgan fingerprint density at radius 3 is 2.40 bits per heavy atom. The summed E-state index contributed by atoms with van der Waals surface area (Å²) in [7, 11) is 0. The van der Waals surface area contributed by atoms with Crippen LogP contribution in [0.1, 0.15) is 85.7 Å². The van der Waals surface area contributed by atoms with Crippen molar-refractivity contribution in [3.05, 3.63) is 28.5 Å². The molecule has 3 N–H and O–H groups in total. The molecule has 0 aromatic carbocycles. The van der Waals surface area contributed by atoms with Crippen LogP contribution in [-0.4, -0.2) is 68.2 Å². The van der Waals surface area contributed by atoms with Crippen LogP contribution in [0.25, 0.3) is 10.4 Å². The van der Waals surface area contributed by atoms with E-state index in [9.17, 15) is 36.6 Å². The van der Waals surface area contributed by atoms with Crippen molar-refractivity contribution in [2.75, 3.05) is 11.9 Å². The van der Waals surface area contributed by atoms with E-state index in [1.165, 1.54) is 13.8 Å². The Bertz CT molecular complexity index is 1260. The number of thiazole rings is 1. The van der Waals surface area contributed by atoms with Crippen LogP contribution in [0.5, 0.6) is 0 Å². The smallest absolute Gasteiger partial charge is 0.388 e. The molecule has 0 bridgehead atoms. The molecule has 4 rings (SSSR count). The summed E-state index contributed by atoms with van der Waals surface area (Å²) in [5.74, 6) is -2.27. The summed E-state index contributed by atoms with van der Waals surface area (Å²) in [5.41, 5.74) is -2.32. The summed E-state index contributed by atoms with van der Waals surface area (Å²) < 4.78 is 69.2. The number of nitrogens with zero attached hydrogens (tertiary/aromatic N) is 3. The Kier molecular flexibility index (Phi) is 8.42. The fourth-order valence-corrected chi connectivity index (χ4v) is 5.52. The van der Waals surface area contributed by atoms with Gasteiger partial charge in [0, 0.05) is 29.9 Å². The number of aliphatic hydroxyl groups is 1. The molecule has 40 heavy (non-hydrogen) atoms. The van der Waals surface area contributed by atoms with E-state index in [0.717, 1.165) is 25.1 Å². The molecule has 1 aliphatic carbocycles. The lowest BCUT2D eigenvalue weighted by Crippen LogP contribution is -2.47. The third-order valence-corrected chi connectivity index (χ3v) is 8.50. The third kappa shape index (κ3) is 6.54. The van der Waals surface area contributed by atoms with Crippen LogP contribution in [0.2, 0.25) is 0 Å². The maximum atomic E-state index is 14.3. The molecule has 1 saturated carbocycles. The van der Waals surface area contributed by atoms with Crippen LogP contribution in [0, 0.1) is 5.92 Å². The van der Waals surface area contributed by atoms with E-state index in [1.807, 2.05) is 6.92 Å². The molecule has 8 nitrogen and oxygen atoms in total. The lowest BCUT2D eigenvalue weighted by atomic mass is 10.0. The SMILES string of the molecule is C[C@H](NC(=O)c1nc(C(=O)N2CCC[C@@H]2C)c(-c2cnc(N[C@H](C3CC3)C(F)(F)F)cc2C(F)F)s1)C(C)(C)O. The van der Waals surface area contributed by atoms with E-state index < -0.39 is 53.6 Å². The number of carbonyl (C=O) groups excluding carboxylic acids is 2. The summed E-state index contributed by atoms with van der Waals surface area (Å²) in [6.07, 6.45) is -4.49. The largest absolute Gasteiger partial charge is 0.408 e. The number of anilines is 1. The number of aromatic nitrogens is 2. The zero-order valence-electron chi connectivity index (χ0n) is 22.5. The minimum Gasteiger partial charge on any atom is -0.388 e. The average molecular weight is 590 g/mol. The van der Waals surface area contributed by atoms with Gasteiger partial charge >= 0.3 is 6.18 Å². The normalized spacial score (nSPS) is 19.6. The standard InChI is InChI=1S/C26H32F5N5O3S/c1-12-6-5-9-36(12)24(38)18-19(40-23(35-18)22(37)33-13(2)25(3,4)39)16-11-32-17(10-15(16)21(27)28)34-20(14-7-8-14)26(29,30)31/h10-14,20-21,39H,5-9H2,1-4H3,(H,32,34)(H,33,37)/t12-,13-,20+/m0/s1. The van der Waals surface area contributed by atoms with Gasteiger partial charge in [-0.1, -0.05) is 0 Å². The molecular formula is C26H32F5N5O3S. The molecule has 0 unspecified atom stereocenters. The second kappa shape index (κ2) is 11.2. The lowest BCUT2D eigenvalue weighted by Gasteiger charge is -2.26. The average Bonchev–Trinajstić information content (AvgIpc) is 3.43. The number of likely N-dealkylation sites (tertiary alicyclic amines) is 1. The molecule has 3 atom stereocenters. The molecule has 1 saturated heterocycles. The molecule has 3 heterocycles. The number of pyridine rings is 1. The predicted octanol–water partition coefficient (Wildman–Crippen LogP) is 5.41. The van der Waals surface area contributed by atoms with E-state index in [0.29, 0.717) is 30.7 Å². The van der Waals surface area contributed by atoms with Crippen molar-refractivity contribution in [1.82, 2.24) is 20.2 Å². The Morgan fingerprint density at radius 2 is 1.88 bits per heavy atom. The van der Waals surface area contributed by atoms with Gasteiger partial charge in [0.05, 0.1) is 16.5 Å².